The molecule has 5 rings (SSSR count). The van der Waals surface area contributed by atoms with Gasteiger partial charge in [0.05, 0.1) is 29.2 Å². The summed E-state index contributed by atoms with van der Waals surface area (Å²) in [6.07, 6.45) is 5.27. The maximum atomic E-state index is 14.8. The van der Waals surface area contributed by atoms with E-state index in [4.69, 9.17) is 11.6 Å². The van der Waals surface area contributed by atoms with Crippen LogP contribution in [0, 0.1) is 17.8 Å². The van der Waals surface area contributed by atoms with Crippen LogP contribution in [0.4, 0.5) is 11.4 Å². The predicted molar refractivity (Wildman–Crippen MR) is 174 cm³/mol. The van der Waals surface area contributed by atoms with Gasteiger partial charge in [-0.1, -0.05) is 55.8 Å². The van der Waals surface area contributed by atoms with Crippen LogP contribution in [0.15, 0.2) is 79.9 Å². The Bertz CT molecular complexity index is 1370. The van der Waals surface area contributed by atoms with E-state index in [0.29, 0.717) is 30.1 Å². The van der Waals surface area contributed by atoms with Crippen LogP contribution in [-0.2, 0) is 14.4 Å². The number of thioether (sulfide) groups is 1. The molecule has 2 bridgehead atoms. The van der Waals surface area contributed by atoms with E-state index in [-0.39, 0.29) is 42.0 Å². The number of halogens is 1. The van der Waals surface area contributed by atoms with E-state index in [1.807, 2.05) is 44.2 Å². The molecule has 1 N–H and O–H groups in total. The van der Waals surface area contributed by atoms with Gasteiger partial charge >= 0.3 is 0 Å². The Morgan fingerprint density at radius 1 is 1.05 bits per heavy atom. The summed E-state index contributed by atoms with van der Waals surface area (Å²) in [5.74, 6) is -1.65. The van der Waals surface area contributed by atoms with Gasteiger partial charge in [0.2, 0.25) is 11.8 Å². The van der Waals surface area contributed by atoms with Crippen LogP contribution >= 0.6 is 23.4 Å². The highest BCUT2D eigenvalue weighted by Gasteiger charge is 2.74. The lowest BCUT2D eigenvalue weighted by Crippen LogP contribution is -2.58. The standard InChI is InChI=1S/C34H40ClN3O4S/c1-5-18-36(24-10-8-7-9-11-24)31(40)28-27-16-17-34(43-27)29(28)32(41)38(26(21-39)20-22(3)4)30(34)33(42)37(19-6-2)25-14-12-23(35)13-15-25/h5-15,22,26-30,39H,1-2,16-21H2,3-4H3/t26-,27-,28+,29+,30?,34?/m1/s1. The lowest BCUT2D eigenvalue weighted by Gasteiger charge is -2.40. The summed E-state index contributed by atoms with van der Waals surface area (Å²) in [5, 5.41) is 11.1. The van der Waals surface area contributed by atoms with Gasteiger partial charge in [0.15, 0.2) is 0 Å². The number of aliphatic hydroxyl groups excluding tert-OH is 1. The molecule has 6 atom stereocenters. The SMILES string of the molecule is C=CCN(C(=O)C1N([C@@H](CO)CC(C)C)C(=O)[C@@H]2[C@@H](C(=O)N(CC=C)c3ccccc3)[C@H]3CCC12S3)c1ccc(Cl)cc1. The topological polar surface area (TPSA) is 81.2 Å². The van der Waals surface area contributed by atoms with Crippen LogP contribution < -0.4 is 9.80 Å². The number of anilines is 2. The van der Waals surface area contributed by atoms with Gasteiger partial charge in [-0.3, -0.25) is 14.4 Å². The second kappa shape index (κ2) is 12.9. The zero-order valence-electron chi connectivity index (χ0n) is 24.8. The van der Waals surface area contributed by atoms with E-state index in [1.165, 1.54) is 0 Å². The third kappa shape index (κ3) is 5.54. The fourth-order valence-electron chi connectivity index (χ4n) is 7.33. The first-order valence-electron chi connectivity index (χ1n) is 14.9. The average Bonchev–Trinajstić information content (AvgIpc) is 3.65. The molecule has 228 valence electrons. The smallest absolute Gasteiger partial charge is 0.251 e. The molecule has 9 heteroatoms. The first-order chi connectivity index (χ1) is 20.7. The number of aliphatic hydroxyl groups is 1. The minimum absolute atomic E-state index is 0.0870. The molecule has 1 spiro atoms. The predicted octanol–water partition coefficient (Wildman–Crippen LogP) is 5.58. The number of rotatable bonds is 12. The molecule has 3 saturated heterocycles. The van der Waals surface area contributed by atoms with Gasteiger partial charge in [0.25, 0.3) is 5.91 Å². The van der Waals surface area contributed by atoms with E-state index >= 15 is 0 Å². The van der Waals surface area contributed by atoms with Crippen molar-refractivity contribution in [1.82, 2.24) is 4.90 Å². The molecule has 0 aliphatic carbocycles. The monoisotopic (exact) mass is 621 g/mol. The third-order valence-corrected chi connectivity index (χ3v) is 11.2. The van der Waals surface area contributed by atoms with Crippen molar-refractivity contribution in [3.05, 3.63) is 84.9 Å². The Kier molecular flexibility index (Phi) is 9.40. The number of nitrogens with zero attached hydrogens (tertiary/aromatic N) is 3. The molecule has 2 aromatic carbocycles. The molecule has 0 saturated carbocycles. The lowest BCUT2D eigenvalue weighted by atomic mass is 9.70. The number of carbonyl (C=O) groups excluding carboxylic acids is 3. The number of para-hydroxylation sites is 1. The Morgan fingerprint density at radius 3 is 2.23 bits per heavy atom. The van der Waals surface area contributed by atoms with Crippen molar-refractivity contribution in [2.24, 2.45) is 17.8 Å². The third-order valence-electron chi connectivity index (χ3n) is 8.97. The maximum Gasteiger partial charge on any atom is 0.251 e. The second-order valence-corrected chi connectivity index (χ2v) is 14.1. The van der Waals surface area contributed by atoms with Crippen molar-refractivity contribution in [3.8, 4) is 0 Å². The van der Waals surface area contributed by atoms with Crippen LogP contribution in [-0.4, -0.2) is 69.5 Å². The van der Waals surface area contributed by atoms with Crippen molar-refractivity contribution in [2.75, 3.05) is 29.5 Å². The van der Waals surface area contributed by atoms with E-state index in [0.717, 1.165) is 12.1 Å². The lowest BCUT2D eigenvalue weighted by molar-refractivity contribution is -0.142. The van der Waals surface area contributed by atoms with Crippen LogP contribution in [0.3, 0.4) is 0 Å². The Morgan fingerprint density at radius 2 is 1.65 bits per heavy atom. The number of hydrogen-bond donors (Lipinski definition) is 1. The molecular formula is C34H40ClN3O4S. The number of amides is 3. The van der Waals surface area contributed by atoms with Gasteiger partial charge in [-0.25, -0.2) is 0 Å². The fourth-order valence-corrected chi connectivity index (χ4v) is 9.64. The van der Waals surface area contributed by atoms with Crippen LogP contribution in [0.5, 0.6) is 0 Å². The number of benzene rings is 2. The highest BCUT2D eigenvalue weighted by atomic mass is 35.5. The molecule has 3 aliphatic rings. The van der Waals surface area contributed by atoms with Gasteiger partial charge in [-0.15, -0.1) is 24.9 Å². The highest BCUT2D eigenvalue weighted by molar-refractivity contribution is 8.02. The van der Waals surface area contributed by atoms with E-state index in [9.17, 15) is 19.5 Å². The van der Waals surface area contributed by atoms with Gasteiger partial charge in [0, 0.05) is 34.7 Å². The van der Waals surface area contributed by atoms with Crippen molar-refractivity contribution in [2.45, 2.75) is 55.2 Å². The molecule has 0 aromatic heterocycles. The van der Waals surface area contributed by atoms with Crippen molar-refractivity contribution >= 4 is 52.5 Å². The molecule has 0 radical (unpaired) electrons. The molecule has 7 nitrogen and oxygen atoms in total. The zero-order chi connectivity index (χ0) is 30.9. The van der Waals surface area contributed by atoms with Crippen LogP contribution in [0.2, 0.25) is 5.02 Å². The number of likely N-dealkylation sites (tertiary alicyclic amines) is 1. The summed E-state index contributed by atoms with van der Waals surface area (Å²) < 4.78 is -0.786. The van der Waals surface area contributed by atoms with Crippen molar-refractivity contribution < 1.29 is 19.5 Å². The van der Waals surface area contributed by atoms with Gasteiger partial charge in [-0.2, -0.15) is 0 Å². The molecule has 43 heavy (non-hydrogen) atoms. The number of hydrogen-bond acceptors (Lipinski definition) is 5. The van der Waals surface area contributed by atoms with Crippen LogP contribution in [0.25, 0.3) is 0 Å². The highest BCUT2D eigenvalue weighted by Crippen LogP contribution is 2.67. The minimum Gasteiger partial charge on any atom is -0.394 e. The van der Waals surface area contributed by atoms with E-state index in [1.54, 1.807) is 62.9 Å². The van der Waals surface area contributed by atoms with Gasteiger partial charge < -0.3 is 19.8 Å². The Balaban J connectivity index is 1.60. The molecule has 2 unspecified atom stereocenters. The summed E-state index contributed by atoms with van der Waals surface area (Å²) in [7, 11) is 0. The summed E-state index contributed by atoms with van der Waals surface area (Å²) in [4.78, 5) is 48.9. The summed E-state index contributed by atoms with van der Waals surface area (Å²) >= 11 is 7.79. The first kappa shape index (κ1) is 31.4. The fraction of sp³-hybridized carbons (Fsp3) is 0.441. The second-order valence-electron chi connectivity index (χ2n) is 12.1. The first-order valence-corrected chi connectivity index (χ1v) is 16.2. The molecular weight excluding hydrogens is 582 g/mol. The summed E-state index contributed by atoms with van der Waals surface area (Å²) in [6.45, 7) is 12.1. The van der Waals surface area contributed by atoms with Gasteiger partial charge in [-0.05, 0) is 61.6 Å². The Labute approximate surface area is 263 Å². The van der Waals surface area contributed by atoms with E-state index < -0.39 is 28.7 Å². The van der Waals surface area contributed by atoms with Crippen molar-refractivity contribution in [3.63, 3.8) is 0 Å². The average molecular weight is 622 g/mol. The summed E-state index contributed by atoms with van der Waals surface area (Å²) in [6, 6.07) is 15.1. The zero-order valence-corrected chi connectivity index (χ0v) is 26.3. The Hall–Kier alpha value is -3.07. The molecule has 2 aromatic rings. The number of fused-ring (bicyclic) bond motifs is 1. The number of carbonyl (C=O) groups is 3. The largest absolute Gasteiger partial charge is 0.394 e. The van der Waals surface area contributed by atoms with E-state index in [2.05, 4.69) is 13.2 Å². The molecule has 3 fully saturated rings. The maximum absolute atomic E-state index is 14.8. The molecule has 3 aliphatic heterocycles. The molecule has 3 heterocycles. The van der Waals surface area contributed by atoms with Gasteiger partial charge in [0.1, 0.15) is 6.04 Å². The van der Waals surface area contributed by atoms with Crippen molar-refractivity contribution in [1.29, 1.82) is 0 Å². The molecule has 3 amide bonds. The quantitative estimate of drug-likeness (QED) is 0.313. The minimum atomic E-state index is -0.839. The van der Waals surface area contributed by atoms with Crippen LogP contribution in [0.1, 0.15) is 33.1 Å². The summed E-state index contributed by atoms with van der Waals surface area (Å²) in [5.41, 5.74) is 1.40. The normalized spacial score (nSPS) is 26.3.